The number of hydrogen-bond donors (Lipinski definition) is 1. The Balaban J connectivity index is 2.52. The smallest absolute Gasteiger partial charge is 0.341 e. The van der Waals surface area contributed by atoms with E-state index in [1.807, 2.05) is 0 Å². The van der Waals surface area contributed by atoms with Crippen LogP contribution in [0.4, 0.5) is 0 Å². The van der Waals surface area contributed by atoms with E-state index >= 15 is 0 Å². The van der Waals surface area contributed by atoms with Crippen molar-refractivity contribution in [3.8, 4) is 5.75 Å². The molecule has 0 fully saturated rings. The molecule has 68 valence electrons. The van der Waals surface area contributed by atoms with Crippen LogP contribution in [0.15, 0.2) is 18.2 Å². The van der Waals surface area contributed by atoms with Crippen LogP contribution in [-0.4, -0.2) is 18.2 Å². The Kier molecular flexibility index (Phi) is 1.70. The van der Waals surface area contributed by atoms with E-state index in [0.717, 1.165) is 0 Å². The molecule has 13 heavy (non-hydrogen) atoms. The Morgan fingerprint density at radius 2 is 2.31 bits per heavy atom. The third-order valence-corrected chi connectivity index (χ3v) is 1.97. The predicted molar refractivity (Wildman–Crippen MR) is 43.4 cm³/mol. The zero-order chi connectivity index (χ0) is 9.42. The maximum Gasteiger partial charge on any atom is 0.341 e. The van der Waals surface area contributed by atoms with E-state index in [-0.39, 0.29) is 0 Å². The second-order valence-corrected chi connectivity index (χ2v) is 2.71. The van der Waals surface area contributed by atoms with E-state index < -0.39 is 12.3 Å². The van der Waals surface area contributed by atoms with Crippen LogP contribution in [0.5, 0.6) is 5.75 Å². The zero-order valence-electron chi connectivity index (χ0n) is 6.98. The van der Waals surface area contributed by atoms with Gasteiger partial charge in [-0.3, -0.25) is 0 Å². The number of rotatable bonds is 1. The topological polar surface area (TPSA) is 55.8 Å². The molecule has 2 rings (SSSR count). The minimum Gasteiger partial charge on any atom is -0.497 e. The van der Waals surface area contributed by atoms with E-state index in [9.17, 15) is 9.90 Å². The first kappa shape index (κ1) is 8.07. The first-order valence-electron chi connectivity index (χ1n) is 3.79. The summed E-state index contributed by atoms with van der Waals surface area (Å²) in [5.41, 5.74) is 0.859. The van der Waals surface area contributed by atoms with Crippen molar-refractivity contribution in [2.24, 2.45) is 0 Å². The predicted octanol–water partition coefficient (Wildman–Crippen LogP) is 0.856. The van der Waals surface area contributed by atoms with Crippen molar-refractivity contribution >= 4 is 5.97 Å². The maximum absolute atomic E-state index is 11.1. The van der Waals surface area contributed by atoms with Crippen LogP contribution in [0.1, 0.15) is 22.2 Å². The lowest BCUT2D eigenvalue weighted by atomic mass is 10.1. The summed E-state index contributed by atoms with van der Waals surface area (Å²) in [6.07, 6.45) is -1.13. The van der Waals surface area contributed by atoms with E-state index in [4.69, 9.17) is 4.74 Å². The van der Waals surface area contributed by atoms with Gasteiger partial charge in [0.15, 0.2) is 0 Å². The number of aliphatic hydroxyl groups excluding tert-OH is 1. The van der Waals surface area contributed by atoms with E-state index in [2.05, 4.69) is 4.74 Å². The fourth-order valence-corrected chi connectivity index (χ4v) is 1.28. The average Bonchev–Trinajstić information content (AvgIpc) is 2.42. The van der Waals surface area contributed by atoms with Crippen LogP contribution in [0.3, 0.4) is 0 Å². The standard InChI is InChI=1S/C9H8O4/c1-12-5-2-3-6-7(4-5)9(11)13-8(6)10/h2-4,8,10H,1H3. The van der Waals surface area contributed by atoms with Crippen LogP contribution in [0, 0.1) is 0 Å². The van der Waals surface area contributed by atoms with Crippen LogP contribution in [-0.2, 0) is 4.74 Å². The lowest BCUT2D eigenvalue weighted by molar-refractivity contribution is -0.0547. The first-order chi connectivity index (χ1) is 6.22. The van der Waals surface area contributed by atoms with Gasteiger partial charge in [-0.15, -0.1) is 0 Å². The van der Waals surface area contributed by atoms with Gasteiger partial charge < -0.3 is 14.6 Å². The Labute approximate surface area is 74.7 Å². The highest BCUT2D eigenvalue weighted by molar-refractivity contribution is 5.94. The molecular formula is C9H8O4. The summed E-state index contributed by atoms with van der Waals surface area (Å²) < 4.78 is 9.53. The van der Waals surface area contributed by atoms with Crippen molar-refractivity contribution in [1.82, 2.24) is 0 Å². The minimum atomic E-state index is -1.13. The Morgan fingerprint density at radius 1 is 1.54 bits per heavy atom. The number of ether oxygens (including phenoxy) is 2. The number of carbonyl (C=O) groups is 1. The molecule has 0 saturated carbocycles. The Hall–Kier alpha value is -1.55. The summed E-state index contributed by atoms with van der Waals surface area (Å²) in [6.45, 7) is 0. The SMILES string of the molecule is COc1ccc2c(c1)C(=O)OC2O. The summed E-state index contributed by atoms with van der Waals surface area (Å²) >= 11 is 0. The number of cyclic esters (lactones) is 1. The van der Waals surface area contributed by atoms with Crippen LogP contribution >= 0.6 is 0 Å². The molecule has 1 atom stereocenters. The monoisotopic (exact) mass is 180 g/mol. The summed E-state index contributed by atoms with van der Waals surface area (Å²) in [7, 11) is 1.51. The fraction of sp³-hybridized carbons (Fsp3) is 0.222. The van der Waals surface area contributed by atoms with Crippen molar-refractivity contribution < 1.29 is 19.4 Å². The Morgan fingerprint density at radius 3 is 3.00 bits per heavy atom. The molecule has 1 aliphatic heterocycles. The lowest BCUT2D eigenvalue weighted by Gasteiger charge is -2.01. The summed E-state index contributed by atoms with van der Waals surface area (Å²) in [5, 5.41) is 9.23. The fourth-order valence-electron chi connectivity index (χ4n) is 1.28. The third-order valence-electron chi connectivity index (χ3n) is 1.97. The van der Waals surface area contributed by atoms with Gasteiger partial charge >= 0.3 is 5.97 Å². The van der Waals surface area contributed by atoms with Crippen molar-refractivity contribution in [1.29, 1.82) is 0 Å². The largest absolute Gasteiger partial charge is 0.497 e. The van der Waals surface area contributed by atoms with Gasteiger partial charge in [0, 0.05) is 5.56 Å². The molecule has 0 spiro atoms. The van der Waals surface area contributed by atoms with Gasteiger partial charge in [-0.25, -0.2) is 4.79 Å². The molecule has 4 heteroatoms. The molecule has 0 bridgehead atoms. The molecule has 0 amide bonds. The molecule has 1 aromatic rings. The molecule has 0 aliphatic carbocycles. The second-order valence-electron chi connectivity index (χ2n) is 2.71. The minimum absolute atomic E-state index is 0.367. The summed E-state index contributed by atoms with van der Waals surface area (Å²) in [6, 6.07) is 4.83. The van der Waals surface area contributed by atoms with Gasteiger partial charge in [-0.1, -0.05) is 0 Å². The molecule has 1 aliphatic rings. The van der Waals surface area contributed by atoms with Gasteiger partial charge in [0.2, 0.25) is 6.29 Å². The van der Waals surface area contributed by atoms with Gasteiger partial charge in [0.05, 0.1) is 12.7 Å². The third kappa shape index (κ3) is 1.15. The molecule has 4 nitrogen and oxygen atoms in total. The lowest BCUT2D eigenvalue weighted by Crippen LogP contribution is -1.96. The molecule has 1 aromatic carbocycles. The van der Waals surface area contributed by atoms with Gasteiger partial charge in [-0.2, -0.15) is 0 Å². The van der Waals surface area contributed by atoms with E-state index in [1.165, 1.54) is 7.11 Å². The number of fused-ring (bicyclic) bond motifs is 1. The average molecular weight is 180 g/mol. The molecule has 0 radical (unpaired) electrons. The molecule has 1 heterocycles. The van der Waals surface area contributed by atoms with Crippen LogP contribution < -0.4 is 4.74 Å². The van der Waals surface area contributed by atoms with E-state index in [0.29, 0.717) is 16.9 Å². The van der Waals surface area contributed by atoms with E-state index in [1.54, 1.807) is 18.2 Å². The van der Waals surface area contributed by atoms with Crippen molar-refractivity contribution in [2.75, 3.05) is 7.11 Å². The highest BCUT2D eigenvalue weighted by atomic mass is 16.6. The van der Waals surface area contributed by atoms with Gasteiger partial charge in [-0.05, 0) is 18.2 Å². The van der Waals surface area contributed by atoms with Crippen molar-refractivity contribution in [3.05, 3.63) is 29.3 Å². The number of methoxy groups -OCH3 is 1. The molecular weight excluding hydrogens is 172 g/mol. The molecule has 1 unspecified atom stereocenters. The molecule has 0 aromatic heterocycles. The number of esters is 1. The maximum atomic E-state index is 11.1. The van der Waals surface area contributed by atoms with Crippen LogP contribution in [0.25, 0.3) is 0 Å². The number of benzene rings is 1. The van der Waals surface area contributed by atoms with Crippen molar-refractivity contribution in [2.45, 2.75) is 6.29 Å². The normalized spacial score (nSPS) is 19.5. The Bertz CT molecular complexity index is 359. The molecule has 0 saturated heterocycles. The highest BCUT2D eigenvalue weighted by Gasteiger charge is 2.29. The highest BCUT2D eigenvalue weighted by Crippen LogP contribution is 2.30. The quantitative estimate of drug-likeness (QED) is 0.651. The first-order valence-corrected chi connectivity index (χ1v) is 3.79. The number of aliphatic hydroxyl groups is 1. The number of hydrogen-bond acceptors (Lipinski definition) is 4. The molecule has 1 N–H and O–H groups in total. The second kappa shape index (κ2) is 2.74. The van der Waals surface area contributed by atoms with Gasteiger partial charge in [0.25, 0.3) is 0 Å². The summed E-state index contributed by atoms with van der Waals surface area (Å²) in [5.74, 6) is 0.0613. The van der Waals surface area contributed by atoms with Crippen molar-refractivity contribution in [3.63, 3.8) is 0 Å². The van der Waals surface area contributed by atoms with Crippen LogP contribution in [0.2, 0.25) is 0 Å². The zero-order valence-corrected chi connectivity index (χ0v) is 6.98. The van der Waals surface area contributed by atoms with Gasteiger partial charge in [0.1, 0.15) is 5.75 Å². The summed E-state index contributed by atoms with van der Waals surface area (Å²) in [4.78, 5) is 11.1. The number of carbonyl (C=O) groups excluding carboxylic acids is 1.